The van der Waals surface area contributed by atoms with E-state index in [-0.39, 0.29) is 29.8 Å². The summed E-state index contributed by atoms with van der Waals surface area (Å²) in [6.45, 7) is 3.41. The Labute approximate surface area is 163 Å². The number of unbranched alkanes of at least 4 members (excludes halogenated alkanes) is 2. The van der Waals surface area contributed by atoms with Gasteiger partial charge in [-0.05, 0) is 43.2 Å². The van der Waals surface area contributed by atoms with E-state index < -0.39 is 17.2 Å². The second kappa shape index (κ2) is 9.60. The number of ketones is 1. The van der Waals surface area contributed by atoms with Crippen LogP contribution in [0.4, 0.5) is 0 Å². The summed E-state index contributed by atoms with van der Waals surface area (Å²) in [6.07, 6.45) is 2.47. The van der Waals surface area contributed by atoms with Crippen LogP contribution in [0.1, 0.15) is 47.7 Å². The van der Waals surface area contributed by atoms with E-state index in [1.807, 2.05) is 13.0 Å². The lowest BCUT2D eigenvalue weighted by Crippen LogP contribution is -2.27. The highest BCUT2D eigenvalue weighted by Gasteiger charge is 2.24. The Hall–Kier alpha value is -3.27. The molecule has 148 valence electrons. The molecule has 0 atom stereocenters. The number of methoxy groups -OCH3 is 1. The van der Waals surface area contributed by atoms with Gasteiger partial charge in [-0.3, -0.25) is 14.2 Å². The first-order valence-electron chi connectivity index (χ1n) is 9.11. The largest absolute Gasteiger partial charge is 0.497 e. The van der Waals surface area contributed by atoms with Crippen molar-refractivity contribution >= 4 is 5.78 Å². The van der Waals surface area contributed by atoms with Gasteiger partial charge in [-0.2, -0.15) is 5.26 Å². The summed E-state index contributed by atoms with van der Waals surface area (Å²) >= 11 is 0. The lowest BCUT2D eigenvalue weighted by Gasteiger charge is -2.15. The SMILES string of the molecule is CCCCCn1c(O)c(C(=O)COc2ccc(OC)cc2)c(C)c(C#N)c1=O. The molecule has 2 aromatic rings. The predicted octanol–water partition coefficient (Wildman–Crippen LogP) is 3.19. The molecule has 0 unspecified atom stereocenters. The van der Waals surface area contributed by atoms with E-state index in [1.165, 1.54) is 6.92 Å². The van der Waals surface area contributed by atoms with Crippen LogP contribution in [0, 0.1) is 18.3 Å². The van der Waals surface area contributed by atoms with Crippen LogP contribution in [0.3, 0.4) is 0 Å². The fourth-order valence-electron chi connectivity index (χ4n) is 2.91. The highest BCUT2D eigenvalue weighted by atomic mass is 16.5. The van der Waals surface area contributed by atoms with Crippen LogP contribution in [0.5, 0.6) is 17.4 Å². The number of nitrogens with zero attached hydrogens (tertiary/aromatic N) is 2. The van der Waals surface area contributed by atoms with Crippen LogP contribution in [-0.4, -0.2) is 29.2 Å². The van der Waals surface area contributed by atoms with E-state index in [4.69, 9.17) is 9.47 Å². The van der Waals surface area contributed by atoms with Crippen molar-refractivity contribution in [2.24, 2.45) is 0 Å². The lowest BCUT2D eigenvalue weighted by molar-refractivity contribution is 0.0916. The number of hydrogen-bond acceptors (Lipinski definition) is 6. The van der Waals surface area contributed by atoms with Crippen molar-refractivity contribution in [3.8, 4) is 23.4 Å². The summed E-state index contributed by atoms with van der Waals surface area (Å²) in [5, 5.41) is 19.9. The van der Waals surface area contributed by atoms with Crippen LogP contribution in [0.15, 0.2) is 29.1 Å². The van der Waals surface area contributed by atoms with E-state index in [1.54, 1.807) is 31.4 Å². The number of benzene rings is 1. The number of carbonyl (C=O) groups is 1. The van der Waals surface area contributed by atoms with Crippen molar-refractivity contribution in [2.75, 3.05) is 13.7 Å². The molecular weight excluding hydrogens is 360 g/mol. The number of hydrogen-bond donors (Lipinski definition) is 1. The molecule has 2 rings (SSSR count). The normalized spacial score (nSPS) is 10.4. The number of aromatic nitrogens is 1. The topological polar surface area (TPSA) is 102 Å². The minimum atomic E-state index is -0.582. The summed E-state index contributed by atoms with van der Waals surface area (Å²) in [5.41, 5.74) is -0.607. The third-order valence-electron chi connectivity index (χ3n) is 4.49. The first-order valence-corrected chi connectivity index (χ1v) is 9.11. The Morgan fingerprint density at radius 1 is 1.21 bits per heavy atom. The summed E-state index contributed by atoms with van der Waals surface area (Å²) in [7, 11) is 1.55. The number of nitriles is 1. The van der Waals surface area contributed by atoms with E-state index in [0.717, 1.165) is 17.4 Å². The summed E-state index contributed by atoms with van der Waals surface area (Å²) in [4.78, 5) is 25.2. The quantitative estimate of drug-likeness (QED) is 0.526. The Morgan fingerprint density at radius 3 is 2.43 bits per heavy atom. The van der Waals surface area contributed by atoms with Gasteiger partial charge in [0, 0.05) is 6.54 Å². The maximum atomic E-state index is 12.7. The minimum Gasteiger partial charge on any atom is -0.497 e. The van der Waals surface area contributed by atoms with Crippen molar-refractivity contribution in [1.82, 2.24) is 4.57 Å². The zero-order valence-corrected chi connectivity index (χ0v) is 16.3. The molecule has 0 aliphatic carbocycles. The fraction of sp³-hybridized carbons (Fsp3) is 0.381. The van der Waals surface area contributed by atoms with Gasteiger partial charge in [0.05, 0.1) is 12.7 Å². The molecule has 0 saturated heterocycles. The molecule has 0 bridgehead atoms. The number of carbonyl (C=O) groups excluding carboxylic acids is 1. The van der Waals surface area contributed by atoms with Gasteiger partial charge < -0.3 is 14.6 Å². The Morgan fingerprint density at radius 2 is 1.86 bits per heavy atom. The number of aromatic hydroxyl groups is 1. The maximum absolute atomic E-state index is 12.7. The second-order valence-corrected chi connectivity index (χ2v) is 6.36. The Kier molecular flexibility index (Phi) is 7.21. The van der Waals surface area contributed by atoms with Crippen LogP contribution in [0.25, 0.3) is 0 Å². The fourth-order valence-corrected chi connectivity index (χ4v) is 2.91. The molecule has 0 radical (unpaired) electrons. The molecule has 0 fully saturated rings. The molecule has 7 nitrogen and oxygen atoms in total. The third kappa shape index (κ3) is 4.52. The van der Waals surface area contributed by atoms with Crippen molar-refractivity contribution in [3.05, 3.63) is 51.3 Å². The third-order valence-corrected chi connectivity index (χ3v) is 4.49. The summed E-state index contributed by atoms with van der Waals surface area (Å²) < 4.78 is 11.7. The highest BCUT2D eigenvalue weighted by Crippen LogP contribution is 2.24. The molecule has 0 aliphatic rings. The molecule has 0 amide bonds. The summed E-state index contributed by atoms with van der Waals surface area (Å²) in [6, 6.07) is 8.57. The van der Waals surface area contributed by atoms with E-state index in [2.05, 4.69) is 0 Å². The van der Waals surface area contributed by atoms with Gasteiger partial charge in [-0.15, -0.1) is 0 Å². The van der Waals surface area contributed by atoms with E-state index >= 15 is 0 Å². The van der Waals surface area contributed by atoms with Crippen molar-refractivity contribution < 1.29 is 19.4 Å². The smallest absolute Gasteiger partial charge is 0.271 e. The molecule has 7 heteroatoms. The molecule has 1 aromatic heterocycles. The number of ether oxygens (including phenoxy) is 2. The molecular formula is C21H24N2O5. The highest BCUT2D eigenvalue weighted by molar-refractivity contribution is 6.01. The summed E-state index contributed by atoms with van der Waals surface area (Å²) in [5.74, 6) is 0.195. The zero-order chi connectivity index (χ0) is 20.7. The first kappa shape index (κ1) is 21.0. The predicted molar refractivity (Wildman–Crippen MR) is 104 cm³/mol. The van der Waals surface area contributed by atoms with Gasteiger partial charge in [-0.1, -0.05) is 19.8 Å². The van der Waals surface area contributed by atoms with Crippen LogP contribution in [-0.2, 0) is 6.54 Å². The van der Waals surface area contributed by atoms with Gasteiger partial charge in [0.25, 0.3) is 5.56 Å². The molecule has 28 heavy (non-hydrogen) atoms. The molecule has 1 N–H and O–H groups in total. The number of rotatable bonds is 9. The van der Waals surface area contributed by atoms with Crippen LogP contribution < -0.4 is 15.0 Å². The monoisotopic (exact) mass is 384 g/mol. The van der Waals surface area contributed by atoms with Gasteiger partial charge >= 0.3 is 0 Å². The van der Waals surface area contributed by atoms with E-state index in [0.29, 0.717) is 17.9 Å². The van der Waals surface area contributed by atoms with Gasteiger partial charge in [-0.25, -0.2) is 0 Å². The molecule has 0 aliphatic heterocycles. The minimum absolute atomic E-state index is 0.0545. The van der Waals surface area contributed by atoms with Crippen molar-refractivity contribution in [3.63, 3.8) is 0 Å². The maximum Gasteiger partial charge on any atom is 0.271 e. The average Bonchev–Trinajstić information content (AvgIpc) is 2.69. The Balaban J connectivity index is 2.31. The van der Waals surface area contributed by atoms with Crippen LogP contribution >= 0.6 is 0 Å². The zero-order valence-electron chi connectivity index (χ0n) is 16.3. The van der Waals surface area contributed by atoms with Crippen molar-refractivity contribution in [2.45, 2.75) is 39.7 Å². The second-order valence-electron chi connectivity index (χ2n) is 6.36. The Bertz CT molecular complexity index is 939. The first-order chi connectivity index (χ1) is 13.4. The molecule has 1 heterocycles. The van der Waals surface area contributed by atoms with Crippen molar-refractivity contribution in [1.29, 1.82) is 5.26 Å². The molecule has 0 saturated carbocycles. The standard InChI is InChI=1S/C21H24N2O5/c1-4-5-6-11-23-20(25)17(12-22)14(2)19(21(23)26)18(24)13-28-16-9-7-15(27-3)8-10-16/h7-10,26H,4-6,11,13H2,1-3H3. The van der Waals surface area contributed by atoms with Gasteiger partial charge in [0.15, 0.2) is 6.61 Å². The number of Topliss-reactive ketones (excluding diaryl/α,β-unsaturated/α-hetero) is 1. The molecule has 1 aromatic carbocycles. The average molecular weight is 384 g/mol. The van der Waals surface area contributed by atoms with Crippen LogP contribution in [0.2, 0.25) is 0 Å². The van der Waals surface area contributed by atoms with Gasteiger partial charge in [0.2, 0.25) is 11.7 Å². The lowest BCUT2D eigenvalue weighted by atomic mass is 10.0. The molecule has 0 spiro atoms. The van der Waals surface area contributed by atoms with E-state index in [9.17, 15) is 20.0 Å². The van der Waals surface area contributed by atoms with Gasteiger partial charge in [0.1, 0.15) is 23.1 Å². The number of pyridine rings is 1.